The van der Waals surface area contributed by atoms with Gasteiger partial charge < -0.3 is 11.5 Å². The minimum atomic E-state index is 0.281. The summed E-state index contributed by atoms with van der Waals surface area (Å²) in [5.41, 5.74) is 11.3. The fourth-order valence-electron chi connectivity index (χ4n) is 1.19. The fraction of sp³-hybridized carbons (Fsp3) is 1.00. The van der Waals surface area contributed by atoms with Gasteiger partial charge in [-0.3, -0.25) is 0 Å². The van der Waals surface area contributed by atoms with E-state index in [1.165, 1.54) is 12.8 Å². The van der Waals surface area contributed by atoms with Gasteiger partial charge in [-0.15, -0.1) is 0 Å². The smallest absolute Gasteiger partial charge is 0.0192 e. The summed E-state index contributed by atoms with van der Waals surface area (Å²) < 4.78 is 0. The van der Waals surface area contributed by atoms with Crippen LogP contribution in [0.5, 0.6) is 0 Å². The number of nitrogens with two attached hydrogens (primary N) is 2. The predicted molar refractivity (Wildman–Crippen MR) is 34.4 cm³/mol. The molecule has 0 spiro atoms. The molecule has 48 valence electrons. The van der Waals surface area contributed by atoms with Gasteiger partial charge in [-0.1, -0.05) is 12.8 Å². The van der Waals surface area contributed by atoms with E-state index in [2.05, 4.69) is 0 Å². The molecule has 0 saturated heterocycles. The molecule has 0 amide bonds. The van der Waals surface area contributed by atoms with Crippen molar-refractivity contribution in [3.05, 3.63) is 0 Å². The molecule has 1 saturated carbocycles. The molecular formula is C6H14N2. The molecule has 1 aliphatic rings. The highest BCUT2D eigenvalue weighted by atomic mass is 15.4. The summed E-state index contributed by atoms with van der Waals surface area (Å²) >= 11 is 0. The van der Waals surface area contributed by atoms with E-state index in [4.69, 9.17) is 11.5 Å². The Labute approximate surface area is 50.2 Å². The number of hydrogen-bond acceptors (Lipinski definition) is 2. The lowest BCUT2D eigenvalue weighted by Crippen LogP contribution is -2.43. The molecule has 0 aliphatic heterocycles. The van der Waals surface area contributed by atoms with Crippen LogP contribution in [0.1, 0.15) is 25.7 Å². The van der Waals surface area contributed by atoms with Gasteiger partial charge in [-0.05, 0) is 12.8 Å². The summed E-state index contributed by atoms with van der Waals surface area (Å²) in [6.07, 6.45) is 4.80. The SMILES string of the molecule is N[C@@H]1CCCC[14C@H]1N. The molecule has 1 aliphatic carbocycles. The van der Waals surface area contributed by atoms with E-state index < -0.39 is 0 Å². The Hall–Kier alpha value is -0.0800. The van der Waals surface area contributed by atoms with Gasteiger partial charge in [0, 0.05) is 12.1 Å². The summed E-state index contributed by atoms with van der Waals surface area (Å²) in [7, 11) is 0. The topological polar surface area (TPSA) is 52.0 Å². The number of rotatable bonds is 0. The van der Waals surface area contributed by atoms with Gasteiger partial charge in [-0.2, -0.15) is 0 Å². The molecule has 1 fully saturated rings. The standard InChI is InChI=1S/C6H14N2/c7-5-3-1-2-4-6(5)8/h5-6H,1-4,7-8H2/t5-,6-/m1/s1/i5+2. The second kappa shape index (κ2) is 2.46. The molecule has 0 unspecified atom stereocenters. The zero-order valence-electron chi connectivity index (χ0n) is 5.14. The summed E-state index contributed by atoms with van der Waals surface area (Å²) in [4.78, 5) is 0. The van der Waals surface area contributed by atoms with Gasteiger partial charge in [0.05, 0.1) is 0 Å². The maximum Gasteiger partial charge on any atom is 0.0192 e. The molecular weight excluding hydrogens is 102 g/mol. The Morgan fingerprint density at radius 1 is 1.38 bits per heavy atom. The normalized spacial score (nSPS) is 39.8. The highest BCUT2D eigenvalue weighted by Gasteiger charge is 2.16. The second-order valence-electron chi connectivity index (χ2n) is 2.61. The zero-order chi connectivity index (χ0) is 5.98. The lowest BCUT2D eigenvalue weighted by atomic mass is 10.1. The lowest BCUT2D eigenvalue weighted by Gasteiger charge is -2.24. The van der Waals surface area contributed by atoms with Crippen LogP contribution in [-0.4, -0.2) is 12.1 Å². The predicted octanol–water partition coefficient (Wildman–Crippen LogP) is 0.215. The van der Waals surface area contributed by atoms with Crippen molar-refractivity contribution in [1.82, 2.24) is 0 Å². The molecule has 2 heteroatoms. The molecule has 2 nitrogen and oxygen atoms in total. The molecule has 0 radical (unpaired) electrons. The summed E-state index contributed by atoms with van der Waals surface area (Å²) in [5.74, 6) is 0. The van der Waals surface area contributed by atoms with E-state index >= 15 is 0 Å². The van der Waals surface area contributed by atoms with Crippen LogP contribution in [0.4, 0.5) is 0 Å². The van der Waals surface area contributed by atoms with Crippen molar-refractivity contribution in [2.75, 3.05) is 0 Å². The molecule has 0 aromatic heterocycles. The third-order valence-corrected chi connectivity index (χ3v) is 1.87. The van der Waals surface area contributed by atoms with Crippen LogP contribution in [-0.2, 0) is 0 Å². The Bertz CT molecular complexity index is 62.9. The van der Waals surface area contributed by atoms with Gasteiger partial charge in [0.15, 0.2) is 0 Å². The Kier molecular flexibility index (Phi) is 1.86. The average Bonchev–Trinajstić information content (AvgIpc) is 1.77. The van der Waals surface area contributed by atoms with Crippen LogP contribution in [0.3, 0.4) is 0 Å². The highest BCUT2D eigenvalue weighted by molar-refractivity contribution is 4.79. The molecule has 0 aromatic rings. The Morgan fingerprint density at radius 2 is 2.12 bits per heavy atom. The van der Waals surface area contributed by atoms with Crippen molar-refractivity contribution in [2.45, 2.75) is 37.8 Å². The van der Waals surface area contributed by atoms with Gasteiger partial charge >= 0.3 is 0 Å². The van der Waals surface area contributed by atoms with E-state index in [0.29, 0.717) is 0 Å². The van der Waals surface area contributed by atoms with E-state index in [-0.39, 0.29) is 12.1 Å². The van der Waals surface area contributed by atoms with E-state index in [1.54, 1.807) is 0 Å². The Balaban J connectivity index is 2.28. The number of hydrogen-bond donors (Lipinski definition) is 2. The zero-order valence-corrected chi connectivity index (χ0v) is 5.14. The third-order valence-electron chi connectivity index (χ3n) is 1.87. The van der Waals surface area contributed by atoms with E-state index in [9.17, 15) is 0 Å². The molecule has 0 heterocycles. The first-order chi connectivity index (χ1) is 3.80. The van der Waals surface area contributed by atoms with Crippen molar-refractivity contribution in [3.63, 3.8) is 0 Å². The van der Waals surface area contributed by atoms with Crippen LogP contribution in [0.25, 0.3) is 0 Å². The highest BCUT2D eigenvalue weighted by Crippen LogP contribution is 2.14. The van der Waals surface area contributed by atoms with Gasteiger partial charge in [0.2, 0.25) is 0 Å². The van der Waals surface area contributed by atoms with Crippen LogP contribution in [0.15, 0.2) is 0 Å². The summed E-state index contributed by atoms with van der Waals surface area (Å²) in [6.45, 7) is 0. The van der Waals surface area contributed by atoms with Crippen LogP contribution in [0.2, 0.25) is 0 Å². The van der Waals surface area contributed by atoms with Crippen molar-refractivity contribution >= 4 is 0 Å². The van der Waals surface area contributed by atoms with Crippen LogP contribution >= 0.6 is 0 Å². The van der Waals surface area contributed by atoms with Crippen LogP contribution in [0, 0.1) is 0 Å². The van der Waals surface area contributed by atoms with Crippen molar-refractivity contribution in [3.8, 4) is 0 Å². The Morgan fingerprint density at radius 3 is 2.50 bits per heavy atom. The minimum Gasteiger partial charge on any atom is -0.326 e. The van der Waals surface area contributed by atoms with Crippen molar-refractivity contribution in [1.29, 1.82) is 0 Å². The molecule has 4 N–H and O–H groups in total. The maximum absolute atomic E-state index is 5.65. The maximum atomic E-state index is 5.65. The van der Waals surface area contributed by atoms with Crippen molar-refractivity contribution < 1.29 is 0 Å². The fourth-order valence-corrected chi connectivity index (χ4v) is 1.19. The van der Waals surface area contributed by atoms with E-state index in [1.807, 2.05) is 0 Å². The van der Waals surface area contributed by atoms with Gasteiger partial charge in [0.1, 0.15) is 0 Å². The second-order valence-corrected chi connectivity index (χ2v) is 2.61. The molecule has 2 atom stereocenters. The van der Waals surface area contributed by atoms with Gasteiger partial charge in [-0.25, -0.2) is 0 Å². The monoisotopic (exact) mass is 116 g/mol. The molecule has 8 heavy (non-hydrogen) atoms. The average molecular weight is 116 g/mol. The third kappa shape index (κ3) is 1.20. The van der Waals surface area contributed by atoms with E-state index in [0.717, 1.165) is 12.8 Å². The molecule has 0 bridgehead atoms. The molecule has 0 aromatic carbocycles. The largest absolute Gasteiger partial charge is 0.326 e. The first-order valence-corrected chi connectivity index (χ1v) is 3.32. The summed E-state index contributed by atoms with van der Waals surface area (Å²) in [6, 6.07) is 0.562. The molecule has 1 rings (SSSR count). The minimum absolute atomic E-state index is 0.281. The first kappa shape index (κ1) is 6.05. The van der Waals surface area contributed by atoms with Crippen molar-refractivity contribution in [2.24, 2.45) is 11.5 Å². The lowest BCUT2D eigenvalue weighted by molar-refractivity contribution is 0.385. The summed E-state index contributed by atoms with van der Waals surface area (Å²) in [5, 5.41) is 0. The van der Waals surface area contributed by atoms with Crippen LogP contribution < -0.4 is 11.5 Å². The quantitative estimate of drug-likeness (QED) is 0.475. The first-order valence-electron chi connectivity index (χ1n) is 3.32. The van der Waals surface area contributed by atoms with Gasteiger partial charge in [0.25, 0.3) is 0 Å².